The third-order valence-corrected chi connectivity index (χ3v) is 2.01. The van der Waals surface area contributed by atoms with Crippen molar-refractivity contribution in [2.75, 3.05) is 18.2 Å². The molecule has 0 spiro atoms. The molecule has 1 aromatic rings. The van der Waals surface area contributed by atoms with Crippen molar-refractivity contribution < 1.29 is 0 Å². The summed E-state index contributed by atoms with van der Waals surface area (Å²) in [6.45, 7) is 1.21. The molecule has 1 aromatic heterocycles. The van der Waals surface area contributed by atoms with E-state index in [0.717, 1.165) is 0 Å². The molecule has 0 aliphatic carbocycles. The lowest BCUT2D eigenvalue weighted by Crippen LogP contribution is -2.04. The van der Waals surface area contributed by atoms with Crippen LogP contribution in [-0.4, -0.2) is 28.1 Å². The highest BCUT2D eigenvalue weighted by molar-refractivity contribution is 7.99. The summed E-state index contributed by atoms with van der Waals surface area (Å²) in [6, 6.07) is 0. The molecule has 2 heterocycles. The molecule has 0 radical (unpaired) electrons. The number of hydrogen-bond acceptors (Lipinski definition) is 4. The maximum atomic E-state index is 3.72. The lowest BCUT2D eigenvalue weighted by atomic mass is 10.8. The van der Waals surface area contributed by atoms with Crippen LogP contribution in [0.25, 0.3) is 0 Å². The predicted octanol–water partition coefficient (Wildman–Crippen LogP) is 0.757. The van der Waals surface area contributed by atoms with Crippen molar-refractivity contribution in [3.63, 3.8) is 0 Å². The normalized spacial score (nSPS) is 15.3. The van der Waals surface area contributed by atoms with Crippen molar-refractivity contribution in [1.82, 2.24) is 15.3 Å². The third kappa shape index (κ3) is 4.75. The molecule has 1 aliphatic heterocycles. The molecule has 1 saturated heterocycles. The molecule has 0 amide bonds. The van der Waals surface area contributed by atoms with Crippen molar-refractivity contribution >= 4 is 11.8 Å². The van der Waals surface area contributed by atoms with Crippen LogP contribution in [0.4, 0.5) is 0 Å². The summed E-state index contributed by atoms with van der Waals surface area (Å²) in [7, 11) is 0. The Balaban J connectivity index is 0.000000112. The van der Waals surface area contributed by atoms with E-state index < -0.39 is 0 Å². The fraction of sp³-hybridized carbons (Fsp3) is 0.429. The quantitative estimate of drug-likeness (QED) is 0.622. The summed E-state index contributed by atoms with van der Waals surface area (Å²) in [5.74, 6) is 2.47. The van der Waals surface area contributed by atoms with Gasteiger partial charge in [0.1, 0.15) is 0 Å². The molecule has 0 aromatic carbocycles. The van der Waals surface area contributed by atoms with Crippen molar-refractivity contribution in [1.29, 1.82) is 0 Å². The first-order valence-corrected chi connectivity index (χ1v) is 4.64. The van der Waals surface area contributed by atoms with Gasteiger partial charge in [0.05, 0.1) is 0 Å². The zero-order valence-corrected chi connectivity index (χ0v) is 7.05. The molecule has 0 atom stereocenters. The number of rotatable bonds is 0. The molecule has 0 bridgehead atoms. The molecule has 1 N–H and O–H groups in total. The van der Waals surface area contributed by atoms with E-state index >= 15 is 0 Å². The van der Waals surface area contributed by atoms with E-state index in [4.69, 9.17) is 0 Å². The molecule has 4 heteroatoms. The summed E-state index contributed by atoms with van der Waals surface area (Å²) in [5, 5.41) is 3.19. The van der Waals surface area contributed by atoms with Gasteiger partial charge in [0.15, 0.2) is 0 Å². The minimum absolute atomic E-state index is 1.17. The van der Waals surface area contributed by atoms with E-state index in [2.05, 4.69) is 15.3 Å². The second kappa shape index (κ2) is 6.12. The smallest absolute Gasteiger partial charge is 0.0451 e. The number of nitrogens with zero attached hydrogens (tertiary/aromatic N) is 2. The van der Waals surface area contributed by atoms with Gasteiger partial charge in [0, 0.05) is 43.0 Å². The molecule has 11 heavy (non-hydrogen) atoms. The standard InChI is InChI=1S/C4H4N2.C3H7NS/c1-2-6-4-3-5-1;1-2-5-3-4-1/h1-4H;4H,1-3H2. The molecule has 0 saturated carbocycles. The summed E-state index contributed by atoms with van der Waals surface area (Å²) in [4.78, 5) is 7.44. The predicted molar refractivity (Wildman–Crippen MR) is 47.4 cm³/mol. The first-order chi connectivity index (χ1) is 5.50. The SMILES string of the molecule is C1CSCN1.c1cnccn1. The monoisotopic (exact) mass is 169 g/mol. The van der Waals surface area contributed by atoms with Crippen LogP contribution < -0.4 is 5.32 Å². The average Bonchev–Trinajstić information content (AvgIpc) is 2.64. The third-order valence-electron chi connectivity index (χ3n) is 1.10. The average molecular weight is 169 g/mol. The molecular formula is C7H11N3S. The minimum atomic E-state index is 1.17. The molecule has 60 valence electrons. The number of nitrogens with one attached hydrogen (secondary N) is 1. The van der Waals surface area contributed by atoms with Gasteiger partial charge in [-0.25, -0.2) is 0 Å². The van der Waals surface area contributed by atoms with E-state index in [1.165, 1.54) is 18.2 Å². The van der Waals surface area contributed by atoms with E-state index in [0.29, 0.717) is 0 Å². The zero-order valence-electron chi connectivity index (χ0n) is 6.23. The van der Waals surface area contributed by atoms with Crippen LogP contribution in [0.5, 0.6) is 0 Å². The van der Waals surface area contributed by atoms with Gasteiger partial charge in [-0.3, -0.25) is 9.97 Å². The fourth-order valence-corrected chi connectivity index (χ4v) is 1.34. The first kappa shape index (κ1) is 8.49. The summed E-state index contributed by atoms with van der Waals surface area (Å²) < 4.78 is 0. The largest absolute Gasteiger partial charge is 0.307 e. The van der Waals surface area contributed by atoms with E-state index in [-0.39, 0.29) is 0 Å². The van der Waals surface area contributed by atoms with Crippen LogP contribution in [-0.2, 0) is 0 Å². The Bertz CT molecular complexity index is 130. The van der Waals surface area contributed by atoms with Gasteiger partial charge in [-0.05, 0) is 0 Å². The lowest BCUT2D eigenvalue weighted by molar-refractivity contribution is 0.885. The van der Waals surface area contributed by atoms with Crippen molar-refractivity contribution in [2.24, 2.45) is 0 Å². The second-order valence-electron chi connectivity index (χ2n) is 1.95. The second-order valence-corrected chi connectivity index (χ2v) is 3.05. The first-order valence-electron chi connectivity index (χ1n) is 3.48. The van der Waals surface area contributed by atoms with Crippen molar-refractivity contribution in [2.45, 2.75) is 0 Å². The van der Waals surface area contributed by atoms with Crippen LogP contribution in [0, 0.1) is 0 Å². The van der Waals surface area contributed by atoms with Crippen LogP contribution >= 0.6 is 11.8 Å². The summed E-state index contributed by atoms with van der Waals surface area (Å²) in [5.41, 5.74) is 0. The Labute approximate surface area is 70.6 Å². The van der Waals surface area contributed by atoms with Crippen LogP contribution in [0.15, 0.2) is 24.8 Å². The Morgan fingerprint density at radius 2 is 1.73 bits per heavy atom. The number of aromatic nitrogens is 2. The topological polar surface area (TPSA) is 37.8 Å². The van der Waals surface area contributed by atoms with Gasteiger partial charge in [-0.2, -0.15) is 0 Å². The molecule has 1 aliphatic rings. The molecule has 1 fully saturated rings. The zero-order chi connectivity index (χ0) is 7.78. The van der Waals surface area contributed by atoms with Gasteiger partial charge in [0.2, 0.25) is 0 Å². The van der Waals surface area contributed by atoms with Gasteiger partial charge < -0.3 is 5.32 Å². The summed E-state index contributed by atoms with van der Waals surface area (Å²) >= 11 is 1.96. The molecule has 3 nitrogen and oxygen atoms in total. The fourth-order valence-electron chi connectivity index (χ4n) is 0.614. The molecule has 0 unspecified atom stereocenters. The number of thioether (sulfide) groups is 1. The Kier molecular flexibility index (Phi) is 4.72. The maximum absolute atomic E-state index is 3.72. The van der Waals surface area contributed by atoms with Crippen molar-refractivity contribution in [3.05, 3.63) is 24.8 Å². The maximum Gasteiger partial charge on any atom is 0.0451 e. The highest BCUT2D eigenvalue weighted by Gasteiger charge is 1.93. The van der Waals surface area contributed by atoms with Gasteiger partial charge in [0.25, 0.3) is 0 Å². The van der Waals surface area contributed by atoms with Gasteiger partial charge in [-0.15, -0.1) is 11.8 Å². The van der Waals surface area contributed by atoms with E-state index in [1.54, 1.807) is 24.8 Å². The molecular weight excluding hydrogens is 158 g/mol. The number of hydrogen-bond donors (Lipinski definition) is 1. The van der Waals surface area contributed by atoms with Gasteiger partial charge in [-0.1, -0.05) is 0 Å². The van der Waals surface area contributed by atoms with Gasteiger partial charge >= 0.3 is 0 Å². The van der Waals surface area contributed by atoms with Crippen LogP contribution in [0.3, 0.4) is 0 Å². The van der Waals surface area contributed by atoms with E-state index in [9.17, 15) is 0 Å². The highest BCUT2D eigenvalue weighted by atomic mass is 32.2. The highest BCUT2D eigenvalue weighted by Crippen LogP contribution is 1.99. The molecule has 2 rings (SSSR count). The Morgan fingerprint density at radius 1 is 1.09 bits per heavy atom. The lowest BCUT2D eigenvalue weighted by Gasteiger charge is -1.74. The summed E-state index contributed by atoms with van der Waals surface area (Å²) in [6.07, 6.45) is 6.56. The van der Waals surface area contributed by atoms with Crippen LogP contribution in [0.2, 0.25) is 0 Å². The van der Waals surface area contributed by atoms with E-state index in [1.807, 2.05) is 11.8 Å². The minimum Gasteiger partial charge on any atom is -0.307 e. The Hall–Kier alpha value is -0.610. The van der Waals surface area contributed by atoms with Crippen LogP contribution in [0.1, 0.15) is 0 Å². The Morgan fingerprint density at radius 3 is 1.91 bits per heavy atom. The van der Waals surface area contributed by atoms with Crippen molar-refractivity contribution in [3.8, 4) is 0 Å².